The highest BCUT2D eigenvalue weighted by molar-refractivity contribution is 6.09. The topological polar surface area (TPSA) is 24.3 Å². The molecule has 4 nitrogen and oxygen atoms in total. The molecule has 0 radical (unpaired) electrons. The smallest absolute Gasteiger partial charge is 0.137 e. The van der Waals surface area contributed by atoms with Crippen molar-refractivity contribution in [2.75, 3.05) is 16.5 Å². The molecule has 3 heterocycles. The zero-order valence-electron chi connectivity index (χ0n) is 40.4. The Morgan fingerprint density at radius 1 is 0.375 bits per heavy atom. The van der Waals surface area contributed by atoms with Crippen LogP contribution in [0.5, 0.6) is 0 Å². The zero-order valence-corrected chi connectivity index (χ0v) is 40.4. The molecule has 1 aliphatic rings. The minimum atomic E-state index is -0.302. The van der Waals surface area contributed by atoms with Crippen LogP contribution in [0.1, 0.15) is 129 Å². The Balaban J connectivity index is 1.09. The van der Waals surface area contributed by atoms with Gasteiger partial charge in [0, 0.05) is 39.2 Å². The van der Waals surface area contributed by atoms with Gasteiger partial charge in [0.1, 0.15) is 12.5 Å². The summed E-state index contributed by atoms with van der Waals surface area (Å²) < 4.78 is 2.37. The number of hydrogen-bond acceptors (Lipinski definition) is 3. The first-order chi connectivity index (χ1) is 30.1. The third-order valence-corrected chi connectivity index (χ3v) is 14.2. The van der Waals surface area contributed by atoms with Crippen LogP contribution in [0.25, 0.3) is 27.6 Å². The first kappa shape index (κ1) is 43.1. The molecule has 0 aliphatic carbocycles. The predicted molar refractivity (Wildman–Crippen MR) is 274 cm³/mol. The van der Waals surface area contributed by atoms with Crippen molar-refractivity contribution >= 4 is 44.6 Å². The number of fused-ring (bicyclic) bond motifs is 4. The Morgan fingerprint density at radius 3 is 1.52 bits per heavy atom. The van der Waals surface area contributed by atoms with Gasteiger partial charge >= 0.3 is 0 Å². The van der Waals surface area contributed by atoms with Gasteiger partial charge in [0.2, 0.25) is 0 Å². The molecule has 1 aliphatic heterocycles. The van der Waals surface area contributed by atoms with Crippen LogP contribution in [0.3, 0.4) is 0 Å². The average molecular weight is 843 g/mol. The van der Waals surface area contributed by atoms with E-state index in [1.54, 1.807) is 0 Å². The average Bonchev–Trinajstić information content (AvgIpc) is 3.82. The van der Waals surface area contributed by atoms with Crippen molar-refractivity contribution in [3.05, 3.63) is 191 Å². The fourth-order valence-electron chi connectivity index (χ4n) is 9.61. The number of nitrogens with zero attached hydrogens (tertiary/aromatic N) is 4. The number of anilines is 4. The lowest BCUT2D eigenvalue weighted by Crippen LogP contribution is -2.26. The SMILES string of the molecule is CC(C)(C)c1ccc(C(C)(C)c2ccnc(-n3c4ccccc4c4ccc(C(C)(C)c5cccc(N6CN(c7cc(C(C)(C)C)cc(C(C)(C)C)c7)c7ccccc76)c5)cc43)c2)cc1. The van der Waals surface area contributed by atoms with Crippen molar-refractivity contribution in [1.29, 1.82) is 0 Å². The molecule has 0 spiro atoms. The van der Waals surface area contributed by atoms with E-state index >= 15 is 0 Å². The Bertz CT molecular complexity index is 3000. The van der Waals surface area contributed by atoms with Crippen LogP contribution in [0.4, 0.5) is 22.7 Å². The fourth-order valence-corrected chi connectivity index (χ4v) is 9.61. The molecule has 9 rings (SSSR count). The number of hydrogen-bond donors (Lipinski definition) is 0. The highest BCUT2D eigenvalue weighted by Crippen LogP contribution is 2.47. The van der Waals surface area contributed by atoms with Crippen LogP contribution in [0.2, 0.25) is 0 Å². The van der Waals surface area contributed by atoms with E-state index in [4.69, 9.17) is 4.98 Å². The standard InChI is InChI=1S/C60H66N4/c1-56(2,3)40-25-27-41(28-26-40)59(10,11)44-31-32-61-55(38-44)64-51-22-15-14-21-49(51)50-30-29-43(37-54(50)64)60(12,13)42-19-18-20-47(34-42)62-39-63(53-24-17-16-23-52(53)62)48-35-45(57(4,5)6)33-46(36-48)58(7,8)9/h14-38H,39H2,1-13H3. The summed E-state index contributed by atoms with van der Waals surface area (Å²) in [7, 11) is 0. The van der Waals surface area contributed by atoms with Crippen molar-refractivity contribution < 1.29 is 0 Å². The molecule has 0 fully saturated rings. The van der Waals surface area contributed by atoms with E-state index in [2.05, 4.69) is 250 Å². The maximum Gasteiger partial charge on any atom is 0.137 e. The largest absolute Gasteiger partial charge is 0.321 e. The molecular weight excluding hydrogens is 777 g/mol. The van der Waals surface area contributed by atoms with Gasteiger partial charge in [0.05, 0.1) is 22.4 Å². The highest BCUT2D eigenvalue weighted by atomic mass is 15.4. The third-order valence-electron chi connectivity index (χ3n) is 14.2. The molecule has 0 unspecified atom stereocenters. The summed E-state index contributed by atoms with van der Waals surface area (Å²) in [6, 6.07) is 54.8. The molecule has 0 saturated heterocycles. The van der Waals surface area contributed by atoms with Crippen LogP contribution in [0.15, 0.2) is 152 Å². The quantitative estimate of drug-likeness (QED) is 0.160. The van der Waals surface area contributed by atoms with Gasteiger partial charge in [-0.1, -0.05) is 175 Å². The van der Waals surface area contributed by atoms with Gasteiger partial charge in [-0.3, -0.25) is 4.57 Å². The minimum Gasteiger partial charge on any atom is -0.321 e. The molecule has 6 aromatic carbocycles. The molecule has 0 N–H and O–H groups in total. The van der Waals surface area contributed by atoms with Gasteiger partial charge in [-0.2, -0.15) is 0 Å². The van der Waals surface area contributed by atoms with E-state index in [-0.39, 0.29) is 27.1 Å². The van der Waals surface area contributed by atoms with Gasteiger partial charge < -0.3 is 9.80 Å². The summed E-state index contributed by atoms with van der Waals surface area (Å²) in [5.41, 5.74) is 16.0. The Morgan fingerprint density at radius 2 is 0.875 bits per heavy atom. The Hall–Kier alpha value is -6.13. The van der Waals surface area contributed by atoms with E-state index in [1.807, 2.05) is 6.20 Å². The summed E-state index contributed by atoms with van der Waals surface area (Å²) in [4.78, 5) is 10.1. The molecule has 0 amide bonds. The minimum absolute atomic E-state index is 0.0308. The molecule has 4 heteroatoms. The first-order valence-corrected chi connectivity index (χ1v) is 23.1. The van der Waals surface area contributed by atoms with Crippen molar-refractivity contribution in [3.63, 3.8) is 0 Å². The van der Waals surface area contributed by atoms with Crippen LogP contribution in [0, 0.1) is 0 Å². The molecule has 8 aromatic rings. The van der Waals surface area contributed by atoms with Crippen molar-refractivity contribution in [2.24, 2.45) is 0 Å². The Kier molecular flexibility index (Phi) is 10.3. The number of benzene rings is 6. The number of aromatic nitrogens is 2. The van der Waals surface area contributed by atoms with Crippen LogP contribution >= 0.6 is 0 Å². The molecule has 0 atom stereocenters. The summed E-state index contributed by atoms with van der Waals surface area (Å²) >= 11 is 0. The summed E-state index contributed by atoms with van der Waals surface area (Å²) in [6.07, 6.45) is 1.98. The molecule has 326 valence electrons. The summed E-state index contributed by atoms with van der Waals surface area (Å²) in [6.45, 7) is 30.8. The lowest BCUT2D eigenvalue weighted by Gasteiger charge is -2.30. The van der Waals surface area contributed by atoms with Crippen LogP contribution < -0.4 is 9.80 Å². The lowest BCUT2D eigenvalue weighted by atomic mass is 9.77. The first-order valence-electron chi connectivity index (χ1n) is 23.1. The molecule has 0 saturated carbocycles. The van der Waals surface area contributed by atoms with E-state index in [0.717, 1.165) is 23.5 Å². The maximum absolute atomic E-state index is 5.07. The van der Waals surface area contributed by atoms with Crippen molar-refractivity contribution in [1.82, 2.24) is 9.55 Å². The maximum atomic E-state index is 5.07. The van der Waals surface area contributed by atoms with E-state index < -0.39 is 0 Å². The van der Waals surface area contributed by atoms with Gasteiger partial charge in [-0.05, 0) is 116 Å². The molecule has 0 bridgehead atoms. The number of para-hydroxylation sites is 3. The van der Waals surface area contributed by atoms with Gasteiger partial charge in [0.15, 0.2) is 0 Å². The van der Waals surface area contributed by atoms with Crippen molar-refractivity contribution in [3.8, 4) is 5.82 Å². The molecule has 2 aromatic heterocycles. The number of rotatable bonds is 7. The van der Waals surface area contributed by atoms with Crippen LogP contribution in [-0.2, 0) is 27.1 Å². The molecular formula is C60H66N4. The summed E-state index contributed by atoms with van der Waals surface area (Å²) in [5, 5.41) is 2.46. The summed E-state index contributed by atoms with van der Waals surface area (Å²) in [5.74, 6) is 0.931. The highest BCUT2D eigenvalue weighted by Gasteiger charge is 2.32. The van der Waals surface area contributed by atoms with Crippen molar-refractivity contribution in [2.45, 2.75) is 117 Å². The normalized spacial score (nSPS) is 13.9. The monoisotopic (exact) mass is 843 g/mol. The lowest BCUT2D eigenvalue weighted by molar-refractivity contribution is 0.568. The number of pyridine rings is 1. The molecule has 64 heavy (non-hydrogen) atoms. The predicted octanol–water partition coefficient (Wildman–Crippen LogP) is 16.0. The second kappa shape index (κ2) is 15.3. The van der Waals surface area contributed by atoms with Crippen LogP contribution in [-0.4, -0.2) is 16.2 Å². The van der Waals surface area contributed by atoms with Gasteiger partial charge in [-0.25, -0.2) is 4.98 Å². The van der Waals surface area contributed by atoms with Gasteiger partial charge in [-0.15, -0.1) is 0 Å². The van der Waals surface area contributed by atoms with E-state index in [0.29, 0.717) is 0 Å². The Labute approximate surface area is 382 Å². The van der Waals surface area contributed by atoms with Gasteiger partial charge in [0.25, 0.3) is 0 Å². The second-order valence-corrected chi connectivity index (χ2v) is 22.4. The van der Waals surface area contributed by atoms with E-state index in [1.165, 1.54) is 72.5 Å². The zero-order chi connectivity index (χ0) is 45.6. The van der Waals surface area contributed by atoms with E-state index in [9.17, 15) is 0 Å². The fraction of sp³-hybridized carbons (Fsp3) is 0.317. The second-order valence-electron chi connectivity index (χ2n) is 22.4. The third kappa shape index (κ3) is 7.59.